The van der Waals surface area contributed by atoms with E-state index in [0.717, 1.165) is 6.07 Å². The molecule has 1 amide bonds. The molecule has 3 aromatic rings. The van der Waals surface area contributed by atoms with Crippen molar-refractivity contribution in [1.29, 1.82) is 0 Å². The number of fused-ring (bicyclic) bond motifs is 1. The maximum absolute atomic E-state index is 13.5. The smallest absolute Gasteiger partial charge is 0.265 e. The van der Waals surface area contributed by atoms with Crippen LogP contribution in [0.5, 0.6) is 11.5 Å². The zero-order valence-corrected chi connectivity index (χ0v) is 19.2. The van der Waals surface area contributed by atoms with Gasteiger partial charge in [-0.05, 0) is 36.8 Å². The lowest BCUT2D eigenvalue weighted by molar-refractivity contribution is -0.127. The van der Waals surface area contributed by atoms with Crippen molar-refractivity contribution in [3.05, 3.63) is 81.9 Å². The molecule has 176 valence electrons. The number of hydrogen-bond donors (Lipinski definition) is 1. The number of benzene rings is 2. The Labute approximate surface area is 203 Å². The molecule has 0 bridgehead atoms. The summed E-state index contributed by atoms with van der Waals surface area (Å²) in [4.78, 5) is 24.9. The molecule has 1 aromatic heterocycles. The number of rotatable bonds is 8. The molecule has 0 saturated carbocycles. The number of amides is 1. The van der Waals surface area contributed by atoms with Crippen LogP contribution in [0.25, 0.3) is 0 Å². The average molecular weight is 506 g/mol. The normalized spacial score (nSPS) is 14.8. The van der Waals surface area contributed by atoms with E-state index in [4.69, 9.17) is 37.1 Å². The SMILES string of the molecule is C=C(CCc1nnc(COc2ccc(Cl)c(F)c2)o1)NC(=O)[C@@H]1CC(=O)c2cc(Cl)ccc2O1. The van der Waals surface area contributed by atoms with Gasteiger partial charge in [0, 0.05) is 23.2 Å². The van der Waals surface area contributed by atoms with E-state index in [2.05, 4.69) is 22.1 Å². The second-order valence-corrected chi connectivity index (χ2v) is 8.26. The molecule has 2 aromatic carbocycles. The summed E-state index contributed by atoms with van der Waals surface area (Å²) < 4.78 is 30.0. The van der Waals surface area contributed by atoms with Crippen LogP contribution in [0, 0.1) is 5.82 Å². The molecule has 0 aliphatic carbocycles. The number of hydrogen-bond acceptors (Lipinski definition) is 7. The highest BCUT2D eigenvalue weighted by Crippen LogP contribution is 2.30. The maximum atomic E-state index is 13.5. The number of carbonyl (C=O) groups is 2. The average Bonchev–Trinajstić information content (AvgIpc) is 3.26. The van der Waals surface area contributed by atoms with Crippen LogP contribution in [0.3, 0.4) is 0 Å². The van der Waals surface area contributed by atoms with E-state index in [1.165, 1.54) is 18.2 Å². The van der Waals surface area contributed by atoms with E-state index < -0.39 is 17.8 Å². The number of ketones is 1. The van der Waals surface area contributed by atoms with Gasteiger partial charge in [0.15, 0.2) is 18.5 Å². The van der Waals surface area contributed by atoms with Crippen molar-refractivity contribution in [1.82, 2.24) is 15.5 Å². The Morgan fingerprint density at radius 3 is 2.79 bits per heavy atom. The standard InChI is InChI=1S/C23H18Cl2FN3O5/c1-12(27-23(31)20-10-18(30)15-8-13(24)3-6-19(15)33-20)2-7-21-28-29-22(34-21)11-32-14-4-5-16(25)17(26)9-14/h3-6,8-9,20H,1-2,7,10-11H2,(H,27,31)/t20-/m0/s1. The van der Waals surface area contributed by atoms with Crippen LogP contribution in [-0.2, 0) is 17.8 Å². The Balaban J connectivity index is 1.24. The molecule has 1 aliphatic heterocycles. The van der Waals surface area contributed by atoms with E-state index in [1.807, 2.05) is 0 Å². The quantitative estimate of drug-likeness (QED) is 0.473. The van der Waals surface area contributed by atoms with Crippen molar-refractivity contribution >= 4 is 34.9 Å². The van der Waals surface area contributed by atoms with Crippen molar-refractivity contribution in [2.24, 2.45) is 0 Å². The molecule has 1 N–H and O–H groups in total. The van der Waals surface area contributed by atoms with Crippen LogP contribution in [-0.4, -0.2) is 28.0 Å². The third-order valence-electron chi connectivity index (χ3n) is 4.88. The van der Waals surface area contributed by atoms with E-state index in [1.54, 1.807) is 12.1 Å². The summed E-state index contributed by atoms with van der Waals surface area (Å²) in [6.45, 7) is 3.78. The lowest BCUT2D eigenvalue weighted by Crippen LogP contribution is -2.41. The number of allylic oxidation sites excluding steroid dienone is 1. The summed E-state index contributed by atoms with van der Waals surface area (Å²) in [5.74, 6) is -0.202. The third-order valence-corrected chi connectivity index (χ3v) is 5.42. The Morgan fingerprint density at radius 1 is 1.21 bits per heavy atom. The number of nitrogens with zero attached hydrogens (tertiary/aromatic N) is 2. The van der Waals surface area contributed by atoms with E-state index >= 15 is 0 Å². The summed E-state index contributed by atoms with van der Waals surface area (Å²) in [7, 11) is 0. The van der Waals surface area contributed by atoms with Gasteiger partial charge in [0.1, 0.15) is 17.3 Å². The van der Waals surface area contributed by atoms with Gasteiger partial charge >= 0.3 is 0 Å². The highest BCUT2D eigenvalue weighted by atomic mass is 35.5. The first kappa shape index (κ1) is 23.7. The third kappa shape index (κ3) is 5.73. The van der Waals surface area contributed by atoms with E-state index in [0.29, 0.717) is 40.8 Å². The Bertz CT molecular complexity index is 1260. The second kappa shape index (κ2) is 10.2. The van der Waals surface area contributed by atoms with Crippen molar-refractivity contribution in [2.75, 3.05) is 0 Å². The molecule has 0 saturated heterocycles. The van der Waals surface area contributed by atoms with Gasteiger partial charge < -0.3 is 19.2 Å². The predicted molar refractivity (Wildman–Crippen MR) is 120 cm³/mol. The lowest BCUT2D eigenvalue weighted by Gasteiger charge is -2.24. The highest BCUT2D eigenvalue weighted by molar-refractivity contribution is 6.31. The predicted octanol–water partition coefficient (Wildman–Crippen LogP) is 4.69. The van der Waals surface area contributed by atoms with Crippen LogP contribution in [0.15, 0.2) is 53.1 Å². The first-order valence-corrected chi connectivity index (χ1v) is 10.9. The van der Waals surface area contributed by atoms with E-state index in [9.17, 15) is 14.0 Å². The molecule has 0 unspecified atom stereocenters. The van der Waals surface area contributed by atoms with Crippen LogP contribution in [0.2, 0.25) is 10.0 Å². The molecule has 8 nitrogen and oxygen atoms in total. The zero-order valence-electron chi connectivity index (χ0n) is 17.6. The van der Waals surface area contributed by atoms with Gasteiger partial charge in [0.05, 0.1) is 17.0 Å². The summed E-state index contributed by atoms with van der Waals surface area (Å²) in [5.41, 5.74) is 0.753. The molecular weight excluding hydrogens is 488 g/mol. The molecule has 0 fully saturated rings. The number of ether oxygens (including phenoxy) is 2. The molecule has 0 spiro atoms. The number of carbonyl (C=O) groups excluding carboxylic acids is 2. The van der Waals surface area contributed by atoms with Gasteiger partial charge in [0.25, 0.3) is 11.8 Å². The van der Waals surface area contributed by atoms with Gasteiger partial charge in [-0.2, -0.15) is 0 Å². The Morgan fingerprint density at radius 2 is 2.00 bits per heavy atom. The van der Waals surface area contributed by atoms with Crippen molar-refractivity contribution in [3.8, 4) is 11.5 Å². The summed E-state index contributed by atoms with van der Waals surface area (Å²) in [6, 6.07) is 8.72. The lowest BCUT2D eigenvalue weighted by atomic mass is 10.0. The van der Waals surface area contributed by atoms with Crippen LogP contribution >= 0.6 is 23.2 Å². The number of halogens is 3. The number of nitrogens with one attached hydrogen (secondary N) is 1. The van der Waals surface area contributed by atoms with Crippen LogP contribution < -0.4 is 14.8 Å². The van der Waals surface area contributed by atoms with Gasteiger partial charge in [0.2, 0.25) is 5.89 Å². The molecule has 34 heavy (non-hydrogen) atoms. The van der Waals surface area contributed by atoms with Gasteiger partial charge in [-0.1, -0.05) is 29.8 Å². The summed E-state index contributed by atoms with van der Waals surface area (Å²) in [6.07, 6.45) is -0.434. The first-order chi connectivity index (χ1) is 16.3. The van der Waals surface area contributed by atoms with Crippen molar-refractivity contribution in [2.45, 2.75) is 32.0 Å². The Kier molecular flexibility index (Phi) is 7.14. The number of aryl methyl sites for hydroxylation is 1. The fourth-order valence-electron chi connectivity index (χ4n) is 3.18. The minimum Gasteiger partial charge on any atom is -0.484 e. The molecule has 1 atom stereocenters. The molecule has 11 heteroatoms. The maximum Gasteiger partial charge on any atom is 0.265 e. The topological polar surface area (TPSA) is 104 Å². The fraction of sp³-hybridized carbons (Fsp3) is 0.217. The highest BCUT2D eigenvalue weighted by Gasteiger charge is 2.31. The van der Waals surface area contributed by atoms with Gasteiger partial charge in [-0.3, -0.25) is 9.59 Å². The van der Waals surface area contributed by atoms with Crippen molar-refractivity contribution < 1.29 is 27.9 Å². The molecule has 2 heterocycles. The monoisotopic (exact) mass is 505 g/mol. The number of aromatic nitrogens is 2. The minimum atomic E-state index is -0.970. The molecule has 0 radical (unpaired) electrons. The van der Waals surface area contributed by atoms with Gasteiger partial charge in [-0.15, -0.1) is 10.2 Å². The largest absolute Gasteiger partial charge is 0.484 e. The van der Waals surface area contributed by atoms with Crippen LogP contribution in [0.4, 0.5) is 4.39 Å². The minimum absolute atomic E-state index is 0.00359. The second-order valence-electron chi connectivity index (χ2n) is 7.42. The summed E-state index contributed by atoms with van der Waals surface area (Å²) in [5, 5.41) is 10.9. The first-order valence-electron chi connectivity index (χ1n) is 10.2. The summed E-state index contributed by atoms with van der Waals surface area (Å²) >= 11 is 11.5. The Hall–Kier alpha value is -3.43. The van der Waals surface area contributed by atoms with E-state index in [-0.39, 0.29) is 35.5 Å². The van der Waals surface area contributed by atoms with Crippen LogP contribution in [0.1, 0.15) is 35.0 Å². The van der Waals surface area contributed by atoms with Crippen molar-refractivity contribution in [3.63, 3.8) is 0 Å². The molecule has 1 aliphatic rings. The number of Topliss-reactive ketones (excluding diaryl/α,β-unsaturated/α-hetero) is 1. The molecular formula is C23H18Cl2FN3O5. The fourth-order valence-corrected chi connectivity index (χ4v) is 3.47. The molecule has 4 rings (SSSR count). The zero-order chi connectivity index (χ0) is 24.2. The van der Waals surface area contributed by atoms with Gasteiger partial charge in [-0.25, -0.2) is 4.39 Å².